The molecule has 1 aliphatic carbocycles. The number of nitrogens with one attached hydrogen (secondary N) is 1. The molecule has 1 aliphatic rings. The van der Waals surface area contributed by atoms with Gasteiger partial charge in [-0.25, -0.2) is 0 Å². The van der Waals surface area contributed by atoms with E-state index in [4.69, 9.17) is 0 Å². The fourth-order valence-corrected chi connectivity index (χ4v) is 3.02. The van der Waals surface area contributed by atoms with Gasteiger partial charge in [0.1, 0.15) is 5.75 Å². The third-order valence-electron chi connectivity index (χ3n) is 4.26. The largest absolute Gasteiger partial charge is 0.508 e. The van der Waals surface area contributed by atoms with Crippen LogP contribution in [0.1, 0.15) is 57.6 Å². The Morgan fingerprint density at radius 3 is 2.28 bits per heavy atom. The Balaban J connectivity index is 1.89. The van der Waals surface area contributed by atoms with Crippen LogP contribution in [0.25, 0.3) is 0 Å². The Bertz CT molecular complexity index is 354. The highest BCUT2D eigenvalue weighted by molar-refractivity contribution is 5.27. The highest BCUT2D eigenvalue weighted by Gasteiger charge is 2.21. The maximum Gasteiger partial charge on any atom is 0.115 e. The molecule has 1 aromatic carbocycles. The van der Waals surface area contributed by atoms with Crippen molar-refractivity contribution in [2.75, 3.05) is 0 Å². The molecule has 0 amide bonds. The summed E-state index contributed by atoms with van der Waals surface area (Å²) in [5.41, 5.74) is 1.25. The summed E-state index contributed by atoms with van der Waals surface area (Å²) in [6.07, 6.45) is 6.94. The minimum absolute atomic E-state index is 0.339. The third-order valence-corrected chi connectivity index (χ3v) is 4.26. The van der Waals surface area contributed by atoms with Gasteiger partial charge in [0.2, 0.25) is 0 Å². The molecule has 18 heavy (non-hydrogen) atoms. The molecular weight excluding hydrogens is 222 g/mol. The number of aromatic hydroxyl groups is 1. The van der Waals surface area contributed by atoms with Gasteiger partial charge in [-0.2, -0.15) is 0 Å². The summed E-state index contributed by atoms with van der Waals surface area (Å²) < 4.78 is 0. The molecule has 1 aromatic rings. The van der Waals surface area contributed by atoms with Crippen LogP contribution in [0.4, 0.5) is 0 Å². The summed E-state index contributed by atoms with van der Waals surface area (Å²) in [6, 6.07) is 8.45. The lowest BCUT2D eigenvalue weighted by Crippen LogP contribution is -2.36. The lowest BCUT2D eigenvalue weighted by molar-refractivity contribution is 0.268. The fraction of sp³-hybridized carbons (Fsp3) is 0.625. The lowest BCUT2D eigenvalue weighted by Gasteiger charge is -2.30. The predicted octanol–water partition coefficient (Wildman–Crippen LogP) is 4.01. The highest BCUT2D eigenvalue weighted by atomic mass is 16.3. The molecule has 0 bridgehead atoms. The van der Waals surface area contributed by atoms with Crippen molar-refractivity contribution in [1.82, 2.24) is 5.32 Å². The molecule has 0 radical (unpaired) electrons. The summed E-state index contributed by atoms with van der Waals surface area (Å²) in [4.78, 5) is 0. The SMILES string of the molecule is CC(N[C@@H](C)C1CCCCC1)c1ccc(O)cc1. The monoisotopic (exact) mass is 247 g/mol. The summed E-state index contributed by atoms with van der Waals surface area (Å²) >= 11 is 0. The van der Waals surface area contributed by atoms with Gasteiger partial charge in [-0.15, -0.1) is 0 Å². The van der Waals surface area contributed by atoms with Crippen LogP contribution in [-0.2, 0) is 0 Å². The van der Waals surface area contributed by atoms with E-state index in [0.29, 0.717) is 17.8 Å². The highest BCUT2D eigenvalue weighted by Crippen LogP contribution is 2.27. The zero-order valence-corrected chi connectivity index (χ0v) is 11.5. The molecule has 0 heterocycles. The minimum Gasteiger partial charge on any atom is -0.508 e. The molecule has 100 valence electrons. The lowest BCUT2D eigenvalue weighted by atomic mass is 9.84. The van der Waals surface area contributed by atoms with E-state index in [9.17, 15) is 5.11 Å². The van der Waals surface area contributed by atoms with Gasteiger partial charge < -0.3 is 10.4 Å². The van der Waals surface area contributed by atoms with Crippen LogP contribution in [0.15, 0.2) is 24.3 Å². The molecule has 1 fully saturated rings. The molecule has 0 saturated heterocycles. The van der Waals surface area contributed by atoms with Gasteiger partial charge in [0.25, 0.3) is 0 Å². The topological polar surface area (TPSA) is 32.3 Å². The molecule has 0 aliphatic heterocycles. The van der Waals surface area contributed by atoms with Crippen molar-refractivity contribution in [3.05, 3.63) is 29.8 Å². The Morgan fingerprint density at radius 1 is 1.06 bits per heavy atom. The number of hydrogen-bond donors (Lipinski definition) is 2. The van der Waals surface area contributed by atoms with Crippen LogP contribution < -0.4 is 5.32 Å². The third kappa shape index (κ3) is 3.49. The second-order valence-corrected chi connectivity index (χ2v) is 5.67. The van der Waals surface area contributed by atoms with Crippen molar-refractivity contribution < 1.29 is 5.11 Å². The van der Waals surface area contributed by atoms with Crippen LogP contribution in [0.5, 0.6) is 5.75 Å². The second-order valence-electron chi connectivity index (χ2n) is 5.67. The molecule has 1 unspecified atom stereocenters. The zero-order valence-electron chi connectivity index (χ0n) is 11.5. The van der Waals surface area contributed by atoms with E-state index in [2.05, 4.69) is 19.2 Å². The maximum atomic E-state index is 9.30. The molecule has 0 spiro atoms. The first-order valence-electron chi connectivity index (χ1n) is 7.22. The average Bonchev–Trinajstić information content (AvgIpc) is 2.40. The van der Waals surface area contributed by atoms with Crippen molar-refractivity contribution in [2.45, 2.75) is 58.0 Å². The normalized spacial score (nSPS) is 20.6. The van der Waals surface area contributed by atoms with E-state index in [-0.39, 0.29) is 0 Å². The van der Waals surface area contributed by atoms with Crippen molar-refractivity contribution in [3.8, 4) is 5.75 Å². The summed E-state index contributed by atoms with van der Waals surface area (Å²) in [6.45, 7) is 4.51. The van der Waals surface area contributed by atoms with Gasteiger partial charge in [0.15, 0.2) is 0 Å². The minimum atomic E-state index is 0.339. The summed E-state index contributed by atoms with van der Waals surface area (Å²) in [7, 11) is 0. The molecule has 2 N–H and O–H groups in total. The van der Waals surface area contributed by atoms with Crippen LogP contribution in [0.2, 0.25) is 0 Å². The van der Waals surface area contributed by atoms with E-state index in [1.807, 2.05) is 12.1 Å². The van der Waals surface area contributed by atoms with Crippen LogP contribution in [0, 0.1) is 5.92 Å². The standard InChI is InChI=1S/C16H25NO/c1-12(14-6-4-3-5-7-14)17-13(2)15-8-10-16(18)11-9-15/h8-14,17-18H,3-7H2,1-2H3/t12-,13?/m0/s1. The molecular formula is C16H25NO. The van der Waals surface area contributed by atoms with E-state index in [1.165, 1.54) is 37.7 Å². The number of phenols is 1. The van der Waals surface area contributed by atoms with Gasteiger partial charge >= 0.3 is 0 Å². The van der Waals surface area contributed by atoms with Crippen molar-refractivity contribution in [3.63, 3.8) is 0 Å². The summed E-state index contributed by atoms with van der Waals surface area (Å²) in [5.74, 6) is 1.17. The molecule has 0 aromatic heterocycles. The van der Waals surface area contributed by atoms with Gasteiger partial charge in [0.05, 0.1) is 0 Å². The Morgan fingerprint density at radius 2 is 1.67 bits per heavy atom. The number of phenolic OH excluding ortho intramolecular Hbond substituents is 1. The molecule has 2 rings (SSSR count). The van der Waals surface area contributed by atoms with E-state index in [0.717, 1.165) is 5.92 Å². The smallest absolute Gasteiger partial charge is 0.115 e. The van der Waals surface area contributed by atoms with Crippen LogP contribution in [-0.4, -0.2) is 11.1 Å². The van der Waals surface area contributed by atoms with Crippen LogP contribution >= 0.6 is 0 Å². The average molecular weight is 247 g/mol. The molecule has 2 heteroatoms. The van der Waals surface area contributed by atoms with E-state index >= 15 is 0 Å². The van der Waals surface area contributed by atoms with E-state index < -0.39 is 0 Å². The van der Waals surface area contributed by atoms with Gasteiger partial charge in [-0.05, 0) is 50.3 Å². The quantitative estimate of drug-likeness (QED) is 0.842. The first-order chi connectivity index (χ1) is 8.66. The van der Waals surface area contributed by atoms with Gasteiger partial charge in [0, 0.05) is 12.1 Å². The van der Waals surface area contributed by atoms with Crippen molar-refractivity contribution >= 4 is 0 Å². The summed E-state index contributed by atoms with van der Waals surface area (Å²) in [5, 5.41) is 13.0. The number of rotatable bonds is 4. The van der Waals surface area contributed by atoms with Gasteiger partial charge in [-0.3, -0.25) is 0 Å². The zero-order chi connectivity index (χ0) is 13.0. The fourth-order valence-electron chi connectivity index (χ4n) is 3.02. The van der Waals surface area contributed by atoms with Crippen molar-refractivity contribution in [2.24, 2.45) is 5.92 Å². The molecule has 2 nitrogen and oxygen atoms in total. The number of hydrogen-bond acceptors (Lipinski definition) is 2. The maximum absolute atomic E-state index is 9.30. The predicted molar refractivity (Wildman–Crippen MR) is 75.7 cm³/mol. The van der Waals surface area contributed by atoms with Crippen molar-refractivity contribution in [1.29, 1.82) is 0 Å². The van der Waals surface area contributed by atoms with E-state index in [1.54, 1.807) is 12.1 Å². The number of benzene rings is 1. The first kappa shape index (κ1) is 13.4. The second kappa shape index (κ2) is 6.24. The Labute approximate surface area is 110 Å². The molecule has 2 atom stereocenters. The Kier molecular flexibility index (Phi) is 4.65. The Hall–Kier alpha value is -1.02. The van der Waals surface area contributed by atoms with Crippen LogP contribution in [0.3, 0.4) is 0 Å². The first-order valence-corrected chi connectivity index (χ1v) is 7.22. The molecule has 1 saturated carbocycles. The van der Waals surface area contributed by atoms with Gasteiger partial charge in [-0.1, -0.05) is 31.4 Å².